The molecule has 2 aromatic heterocycles. The van der Waals surface area contributed by atoms with Gasteiger partial charge in [0.2, 0.25) is 0 Å². The standard InChI is InChI=1S/C16H14ClN3OS/c1-8-6-18-15-14-9-2-5-13(17)20-10(9)3-4-12(14)22-16(15)11(7-21)19-8/h2-5,7-8,11,18-19H,6H2,1H3/t8-,11?/m1/s1. The third kappa shape index (κ3) is 2.08. The lowest BCUT2D eigenvalue weighted by Crippen LogP contribution is -2.33. The van der Waals surface area contributed by atoms with Gasteiger partial charge in [-0.3, -0.25) is 5.32 Å². The fourth-order valence-corrected chi connectivity index (χ4v) is 4.35. The number of fused-ring (bicyclic) bond motifs is 5. The first kappa shape index (κ1) is 13.9. The molecular formula is C16H14ClN3OS. The van der Waals surface area contributed by atoms with E-state index in [1.54, 1.807) is 11.3 Å². The Balaban J connectivity index is 2.05. The smallest absolute Gasteiger partial charge is 0.142 e. The molecule has 2 N–H and O–H groups in total. The number of hydrogen-bond donors (Lipinski definition) is 2. The molecule has 3 aromatic rings. The zero-order valence-electron chi connectivity index (χ0n) is 11.9. The number of aldehydes is 1. The Morgan fingerprint density at radius 3 is 3.05 bits per heavy atom. The van der Waals surface area contributed by atoms with Crippen LogP contribution in [0.25, 0.3) is 21.0 Å². The summed E-state index contributed by atoms with van der Waals surface area (Å²) in [5, 5.41) is 9.52. The van der Waals surface area contributed by atoms with Gasteiger partial charge < -0.3 is 10.1 Å². The van der Waals surface area contributed by atoms with Crippen LogP contribution in [-0.2, 0) is 4.79 Å². The predicted molar refractivity (Wildman–Crippen MR) is 92.0 cm³/mol. The molecule has 0 fully saturated rings. The minimum atomic E-state index is -0.271. The minimum Gasteiger partial charge on any atom is -0.382 e. The van der Waals surface area contributed by atoms with Gasteiger partial charge in [-0.25, -0.2) is 4.98 Å². The molecular weight excluding hydrogens is 318 g/mol. The second kappa shape index (κ2) is 5.19. The maximum absolute atomic E-state index is 11.5. The van der Waals surface area contributed by atoms with E-state index in [2.05, 4.69) is 22.5 Å². The van der Waals surface area contributed by atoms with Crippen molar-refractivity contribution in [1.82, 2.24) is 10.3 Å². The van der Waals surface area contributed by atoms with Gasteiger partial charge in [0.1, 0.15) is 17.5 Å². The Bertz CT molecular complexity index is 892. The van der Waals surface area contributed by atoms with Crippen molar-refractivity contribution in [2.24, 2.45) is 0 Å². The highest BCUT2D eigenvalue weighted by Gasteiger charge is 2.26. The Kier molecular flexibility index (Phi) is 3.29. The van der Waals surface area contributed by atoms with E-state index in [0.717, 1.165) is 44.4 Å². The van der Waals surface area contributed by atoms with E-state index >= 15 is 0 Å². The Hall–Kier alpha value is -1.69. The number of carbonyl (C=O) groups is 1. The number of nitrogens with one attached hydrogen (secondary N) is 2. The van der Waals surface area contributed by atoms with E-state index in [1.807, 2.05) is 24.3 Å². The summed E-state index contributed by atoms with van der Waals surface area (Å²) >= 11 is 7.65. The molecule has 4 rings (SSSR count). The van der Waals surface area contributed by atoms with Gasteiger partial charge in [-0.15, -0.1) is 11.3 Å². The summed E-state index contributed by atoms with van der Waals surface area (Å²) < 4.78 is 1.15. The van der Waals surface area contributed by atoms with Crippen LogP contribution in [0.2, 0.25) is 5.15 Å². The van der Waals surface area contributed by atoms with Crippen molar-refractivity contribution in [2.75, 3.05) is 11.9 Å². The van der Waals surface area contributed by atoms with Crippen LogP contribution in [0.5, 0.6) is 0 Å². The molecule has 0 amide bonds. The Morgan fingerprint density at radius 1 is 1.36 bits per heavy atom. The van der Waals surface area contributed by atoms with Gasteiger partial charge in [-0.1, -0.05) is 11.6 Å². The number of halogens is 1. The van der Waals surface area contributed by atoms with Gasteiger partial charge >= 0.3 is 0 Å². The molecule has 22 heavy (non-hydrogen) atoms. The molecule has 0 saturated heterocycles. The molecule has 6 heteroatoms. The van der Waals surface area contributed by atoms with Gasteiger partial charge in [-0.05, 0) is 31.2 Å². The number of hydrogen-bond acceptors (Lipinski definition) is 5. The molecule has 2 atom stereocenters. The molecule has 0 bridgehead atoms. The lowest BCUT2D eigenvalue weighted by Gasteiger charge is -2.13. The third-order valence-electron chi connectivity index (χ3n) is 3.98. The number of aromatic nitrogens is 1. The Morgan fingerprint density at radius 2 is 2.23 bits per heavy atom. The molecule has 112 valence electrons. The maximum Gasteiger partial charge on any atom is 0.142 e. The number of carbonyl (C=O) groups excluding carboxylic acids is 1. The van der Waals surface area contributed by atoms with Crippen LogP contribution >= 0.6 is 22.9 Å². The molecule has 0 aliphatic carbocycles. The normalized spacial score (nSPS) is 21.4. The summed E-state index contributed by atoms with van der Waals surface area (Å²) in [6, 6.07) is 7.79. The zero-order chi connectivity index (χ0) is 15.3. The second-order valence-electron chi connectivity index (χ2n) is 5.54. The lowest BCUT2D eigenvalue weighted by molar-refractivity contribution is -0.109. The van der Waals surface area contributed by atoms with Crippen LogP contribution in [-0.4, -0.2) is 23.9 Å². The largest absolute Gasteiger partial charge is 0.382 e. The zero-order valence-corrected chi connectivity index (χ0v) is 13.5. The summed E-state index contributed by atoms with van der Waals surface area (Å²) in [4.78, 5) is 16.9. The highest BCUT2D eigenvalue weighted by molar-refractivity contribution is 7.20. The van der Waals surface area contributed by atoms with Crippen LogP contribution in [0.3, 0.4) is 0 Å². The van der Waals surface area contributed by atoms with Crippen LogP contribution in [0.15, 0.2) is 24.3 Å². The SMILES string of the molecule is C[C@@H]1CNc2c(sc3ccc4nc(Cl)ccc4c23)C(C=O)N1. The van der Waals surface area contributed by atoms with Gasteiger partial charge in [0.25, 0.3) is 0 Å². The first-order chi connectivity index (χ1) is 10.7. The lowest BCUT2D eigenvalue weighted by atomic mass is 10.1. The molecule has 1 aliphatic heterocycles. The number of rotatable bonds is 1. The molecule has 0 saturated carbocycles. The maximum atomic E-state index is 11.5. The van der Waals surface area contributed by atoms with Gasteiger partial charge in [0, 0.05) is 28.1 Å². The first-order valence-electron chi connectivity index (χ1n) is 7.14. The highest BCUT2D eigenvalue weighted by Crippen LogP contribution is 2.43. The van der Waals surface area contributed by atoms with E-state index < -0.39 is 0 Å². The van der Waals surface area contributed by atoms with Crippen molar-refractivity contribution in [2.45, 2.75) is 19.0 Å². The average Bonchev–Trinajstić information content (AvgIpc) is 2.81. The predicted octanol–water partition coefficient (Wildman–Crippen LogP) is 3.75. The molecule has 1 aliphatic rings. The van der Waals surface area contributed by atoms with Gasteiger partial charge in [0.15, 0.2) is 0 Å². The van der Waals surface area contributed by atoms with Crippen molar-refractivity contribution >= 4 is 55.9 Å². The highest BCUT2D eigenvalue weighted by atomic mass is 35.5. The molecule has 3 heterocycles. The van der Waals surface area contributed by atoms with Crippen molar-refractivity contribution in [3.8, 4) is 0 Å². The minimum absolute atomic E-state index is 0.229. The van der Waals surface area contributed by atoms with Crippen LogP contribution < -0.4 is 10.6 Å². The van der Waals surface area contributed by atoms with E-state index in [1.165, 1.54) is 0 Å². The average molecular weight is 332 g/mol. The van der Waals surface area contributed by atoms with Crippen LogP contribution in [0.1, 0.15) is 17.8 Å². The van der Waals surface area contributed by atoms with Crippen molar-refractivity contribution in [1.29, 1.82) is 0 Å². The molecule has 1 aromatic carbocycles. The number of pyridine rings is 1. The summed E-state index contributed by atoms with van der Waals surface area (Å²) in [7, 11) is 0. The molecule has 0 spiro atoms. The topological polar surface area (TPSA) is 54.0 Å². The summed E-state index contributed by atoms with van der Waals surface area (Å²) in [5.41, 5.74) is 1.92. The summed E-state index contributed by atoms with van der Waals surface area (Å²) in [6.07, 6.45) is 0.981. The van der Waals surface area contributed by atoms with E-state index in [0.29, 0.717) is 5.15 Å². The summed E-state index contributed by atoms with van der Waals surface area (Å²) in [5.74, 6) is 0. The van der Waals surface area contributed by atoms with Crippen molar-refractivity contribution in [3.05, 3.63) is 34.3 Å². The monoisotopic (exact) mass is 331 g/mol. The van der Waals surface area contributed by atoms with E-state index in [-0.39, 0.29) is 12.1 Å². The van der Waals surface area contributed by atoms with E-state index in [9.17, 15) is 4.79 Å². The van der Waals surface area contributed by atoms with Gasteiger partial charge in [-0.2, -0.15) is 0 Å². The van der Waals surface area contributed by atoms with Gasteiger partial charge in [0.05, 0.1) is 16.1 Å². The van der Waals surface area contributed by atoms with E-state index in [4.69, 9.17) is 11.6 Å². The molecule has 1 unspecified atom stereocenters. The number of anilines is 1. The fourth-order valence-electron chi connectivity index (χ4n) is 2.99. The quantitative estimate of drug-likeness (QED) is 0.527. The number of nitrogens with zero attached hydrogens (tertiary/aromatic N) is 1. The van der Waals surface area contributed by atoms with Crippen molar-refractivity contribution in [3.63, 3.8) is 0 Å². The summed E-state index contributed by atoms with van der Waals surface area (Å²) in [6.45, 7) is 2.85. The van der Waals surface area contributed by atoms with Crippen LogP contribution in [0.4, 0.5) is 5.69 Å². The fraction of sp³-hybridized carbons (Fsp3) is 0.250. The number of thiophene rings is 1. The number of benzene rings is 1. The Labute approximate surface area is 136 Å². The molecule has 0 radical (unpaired) electrons. The van der Waals surface area contributed by atoms with Crippen LogP contribution in [0, 0.1) is 0 Å². The first-order valence-corrected chi connectivity index (χ1v) is 8.33. The second-order valence-corrected chi connectivity index (χ2v) is 7.01. The molecule has 4 nitrogen and oxygen atoms in total. The van der Waals surface area contributed by atoms with Crippen molar-refractivity contribution < 1.29 is 4.79 Å². The third-order valence-corrected chi connectivity index (χ3v) is 5.43.